The second kappa shape index (κ2) is 9.14. The molecule has 0 unspecified atom stereocenters. The van der Waals surface area contributed by atoms with Crippen molar-refractivity contribution < 1.29 is 18.8 Å². The van der Waals surface area contributed by atoms with Crippen LogP contribution in [0.3, 0.4) is 0 Å². The number of halogens is 2. The van der Waals surface area contributed by atoms with Crippen molar-refractivity contribution in [2.24, 2.45) is 11.7 Å². The predicted octanol–water partition coefficient (Wildman–Crippen LogP) is 2.38. The van der Waals surface area contributed by atoms with Crippen LogP contribution in [-0.4, -0.2) is 34.3 Å². The summed E-state index contributed by atoms with van der Waals surface area (Å²) in [7, 11) is 1.43. The van der Waals surface area contributed by atoms with Crippen molar-refractivity contribution in [2.45, 2.75) is 31.7 Å². The van der Waals surface area contributed by atoms with Crippen molar-refractivity contribution in [1.29, 1.82) is 5.26 Å². The van der Waals surface area contributed by atoms with Gasteiger partial charge < -0.3 is 20.9 Å². The average Bonchev–Trinajstić information content (AvgIpc) is 3.20. The van der Waals surface area contributed by atoms with Crippen LogP contribution >= 0.6 is 11.6 Å². The Kier molecular flexibility index (Phi) is 6.56. The zero-order valence-corrected chi connectivity index (χ0v) is 17.4. The van der Waals surface area contributed by atoms with Crippen LogP contribution in [-0.2, 0) is 4.79 Å². The fourth-order valence-electron chi connectivity index (χ4n) is 3.80. The molecule has 0 radical (unpaired) electrons. The summed E-state index contributed by atoms with van der Waals surface area (Å²) in [6.45, 7) is 0. The predicted molar refractivity (Wildman–Crippen MR) is 110 cm³/mol. The quantitative estimate of drug-likeness (QED) is 0.646. The van der Waals surface area contributed by atoms with Gasteiger partial charge >= 0.3 is 0 Å². The van der Waals surface area contributed by atoms with Crippen LogP contribution in [0, 0.1) is 23.1 Å². The van der Waals surface area contributed by atoms with Gasteiger partial charge in [0, 0.05) is 19.0 Å². The zero-order valence-electron chi connectivity index (χ0n) is 16.6. The molecule has 1 aromatic carbocycles. The number of hydrogen-bond donors (Lipinski definition) is 3. The molecule has 1 aliphatic rings. The SMILES string of the molecule is CNC(=O)c1ncn(C2CCC(C(=O)Nc3c(Cl)cc(F)cc3C#N)CC2)c1C(N)=O. The number of carbonyl (C=O) groups excluding carboxylic acids is 3. The Labute approximate surface area is 182 Å². The number of benzene rings is 1. The molecule has 162 valence electrons. The highest BCUT2D eigenvalue weighted by Crippen LogP contribution is 2.35. The van der Waals surface area contributed by atoms with Gasteiger partial charge in [0.05, 0.1) is 22.6 Å². The van der Waals surface area contributed by atoms with E-state index >= 15 is 0 Å². The van der Waals surface area contributed by atoms with E-state index in [1.807, 2.05) is 6.07 Å². The topological polar surface area (TPSA) is 143 Å². The third-order valence-corrected chi connectivity index (χ3v) is 5.65. The number of nitriles is 1. The molecule has 1 aromatic heterocycles. The van der Waals surface area contributed by atoms with Crippen LogP contribution in [0.2, 0.25) is 5.02 Å². The number of nitrogens with one attached hydrogen (secondary N) is 2. The second-order valence-corrected chi connectivity index (χ2v) is 7.62. The highest BCUT2D eigenvalue weighted by atomic mass is 35.5. The number of aromatic nitrogens is 2. The first-order valence-electron chi connectivity index (χ1n) is 9.55. The number of carbonyl (C=O) groups is 3. The van der Waals surface area contributed by atoms with E-state index in [9.17, 15) is 24.0 Å². The summed E-state index contributed by atoms with van der Waals surface area (Å²) < 4.78 is 15.0. The number of rotatable bonds is 5. The number of nitrogens with two attached hydrogens (primary N) is 1. The van der Waals surface area contributed by atoms with Crippen LogP contribution < -0.4 is 16.4 Å². The molecule has 0 saturated heterocycles. The van der Waals surface area contributed by atoms with Crippen molar-refractivity contribution in [2.75, 3.05) is 12.4 Å². The van der Waals surface area contributed by atoms with Gasteiger partial charge in [-0.1, -0.05) is 11.6 Å². The smallest absolute Gasteiger partial charge is 0.272 e. The van der Waals surface area contributed by atoms with E-state index in [-0.39, 0.29) is 45.5 Å². The second-order valence-electron chi connectivity index (χ2n) is 7.21. The van der Waals surface area contributed by atoms with Crippen LogP contribution in [0.4, 0.5) is 10.1 Å². The molecule has 4 N–H and O–H groups in total. The van der Waals surface area contributed by atoms with Crippen LogP contribution in [0.25, 0.3) is 0 Å². The molecule has 0 aliphatic heterocycles. The normalized spacial score (nSPS) is 18.1. The van der Waals surface area contributed by atoms with Gasteiger partial charge in [0.15, 0.2) is 5.69 Å². The molecule has 31 heavy (non-hydrogen) atoms. The Morgan fingerprint density at radius 3 is 2.55 bits per heavy atom. The fourth-order valence-corrected chi connectivity index (χ4v) is 4.05. The summed E-state index contributed by atoms with van der Waals surface area (Å²) in [5.41, 5.74) is 5.48. The molecule has 0 spiro atoms. The Morgan fingerprint density at radius 2 is 1.97 bits per heavy atom. The monoisotopic (exact) mass is 446 g/mol. The Bertz CT molecular complexity index is 1090. The number of hydrogen-bond acceptors (Lipinski definition) is 5. The van der Waals surface area contributed by atoms with Gasteiger partial charge in [-0.15, -0.1) is 0 Å². The Morgan fingerprint density at radius 1 is 1.29 bits per heavy atom. The third-order valence-electron chi connectivity index (χ3n) is 5.35. The maximum Gasteiger partial charge on any atom is 0.272 e. The number of anilines is 1. The number of nitrogens with zero attached hydrogens (tertiary/aromatic N) is 3. The molecular weight excluding hydrogens is 427 g/mol. The molecule has 0 bridgehead atoms. The number of primary amides is 1. The van der Waals surface area contributed by atoms with E-state index in [2.05, 4.69) is 15.6 Å². The van der Waals surface area contributed by atoms with Crippen molar-refractivity contribution in [3.8, 4) is 6.07 Å². The fraction of sp³-hybridized carbons (Fsp3) is 0.350. The molecular formula is C20H20ClFN6O3. The molecule has 1 saturated carbocycles. The van der Waals surface area contributed by atoms with E-state index in [1.54, 1.807) is 4.57 Å². The van der Waals surface area contributed by atoms with Gasteiger partial charge in [0.25, 0.3) is 11.8 Å². The molecule has 1 heterocycles. The van der Waals surface area contributed by atoms with Gasteiger partial charge in [-0.25, -0.2) is 9.37 Å². The molecule has 1 aliphatic carbocycles. The summed E-state index contributed by atoms with van der Waals surface area (Å²) >= 11 is 5.99. The maximum atomic E-state index is 13.4. The highest BCUT2D eigenvalue weighted by molar-refractivity contribution is 6.34. The van der Waals surface area contributed by atoms with Crippen LogP contribution in [0.15, 0.2) is 18.5 Å². The molecule has 11 heteroatoms. The summed E-state index contributed by atoms with van der Waals surface area (Å²) in [6, 6.07) is 3.71. The van der Waals surface area contributed by atoms with E-state index < -0.39 is 17.6 Å². The summed E-state index contributed by atoms with van der Waals surface area (Å²) in [5.74, 6) is -2.61. The van der Waals surface area contributed by atoms with E-state index in [0.29, 0.717) is 25.7 Å². The molecule has 0 atom stereocenters. The van der Waals surface area contributed by atoms with Crippen LogP contribution in [0.5, 0.6) is 0 Å². The minimum Gasteiger partial charge on any atom is -0.364 e. The largest absolute Gasteiger partial charge is 0.364 e. The van der Waals surface area contributed by atoms with Gasteiger partial charge in [-0.3, -0.25) is 14.4 Å². The zero-order chi connectivity index (χ0) is 22.7. The van der Waals surface area contributed by atoms with Gasteiger partial charge in [-0.05, 0) is 37.8 Å². The Balaban J connectivity index is 1.72. The molecule has 1 fully saturated rings. The molecule has 9 nitrogen and oxygen atoms in total. The summed E-state index contributed by atoms with van der Waals surface area (Å²) in [4.78, 5) is 40.6. The lowest BCUT2D eigenvalue weighted by molar-refractivity contribution is -0.121. The average molecular weight is 447 g/mol. The Hall–Kier alpha value is -3.45. The standard InChI is InChI=1S/C20H20ClFN6O3/c1-25-20(31)16-17(18(24)29)28(9-26-16)13-4-2-10(3-5-13)19(30)27-15-11(8-23)6-12(22)7-14(15)21/h6-7,9-10,13H,2-5H2,1H3,(H2,24,29)(H,25,31)(H,27,30). The van der Waals surface area contributed by atoms with E-state index in [4.69, 9.17) is 17.3 Å². The van der Waals surface area contributed by atoms with Crippen molar-refractivity contribution in [1.82, 2.24) is 14.9 Å². The third kappa shape index (κ3) is 4.51. The first-order valence-corrected chi connectivity index (χ1v) is 9.93. The lowest BCUT2D eigenvalue weighted by Gasteiger charge is -2.29. The van der Waals surface area contributed by atoms with Gasteiger partial charge in [0.2, 0.25) is 5.91 Å². The minimum atomic E-state index is -0.758. The summed E-state index contributed by atoms with van der Waals surface area (Å²) in [6.07, 6.45) is 3.48. The van der Waals surface area contributed by atoms with Gasteiger partial charge in [-0.2, -0.15) is 5.26 Å². The molecule has 3 rings (SSSR count). The molecule has 2 aromatic rings. The van der Waals surface area contributed by atoms with Crippen molar-refractivity contribution >= 4 is 35.0 Å². The lowest BCUT2D eigenvalue weighted by atomic mass is 9.85. The van der Waals surface area contributed by atoms with E-state index in [1.165, 1.54) is 13.4 Å². The van der Waals surface area contributed by atoms with E-state index in [0.717, 1.165) is 12.1 Å². The number of imidazole rings is 1. The van der Waals surface area contributed by atoms with Gasteiger partial charge in [0.1, 0.15) is 17.6 Å². The first kappa shape index (κ1) is 22.2. The minimum absolute atomic E-state index is 0.0315. The lowest BCUT2D eigenvalue weighted by Crippen LogP contribution is -2.30. The summed E-state index contributed by atoms with van der Waals surface area (Å²) in [5, 5.41) is 14.2. The first-order chi connectivity index (χ1) is 14.8. The van der Waals surface area contributed by atoms with Crippen molar-refractivity contribution in [3.05, 3.63) is 46.3 Å². The highest BCUT2D eigenvalue weighted by Gasteiger charge is 2.31. The maximum absolute atomic E-state index is 13.4. The van der Waals surface area contributed by atoms with Crippen LogP contribution in [0.1, 0.15) is 58.3 Å². The molecule has 3 amide bonds. The number of amides is 3. The van der Waals surface area contributed by atoms with Crippen molar-refractivity contribution in [3.63, 3.8) is 0 Å².